The molecule has 1 amide bonds. The van der Waals surface area contributed by atoms with Crippen molar-refractivity contribution in [3.05, 3.63) is 101 Å². The first kappa shape index (κ1) is 22.2. The van der Waals surface area contributed by atoms with Gasteiger partial charge in [-0.3, -0.25) is 9.20 Å². The highest BCUT2D eigenvalue weighted by Gasteiger charge is 2.21. The largest absolute Gasteiger partial charge is 0.371 e. The maximum atomic E-state index is 13.0. The van der Waals surface area contributed by atoms with Gasteiger partial charge in [0.2, 0.25) is 0 Å². The molecule has 34 heavy (non-hydrogen) atoms. The number of piperidine rings is 1. The molecule has 174 valence electrons. The second-order valence-corrected chi connectivity index (χ2v) is 9.21. The standard InChI is InChI=1S/C29H32N4O/c1-3-26-28(33-17-5-4-6-27(33)31-26)29(34)30-20-22-9-13-25(14-10-22)32-18-15-24(16-19-32)23-11-7-21(2)8-12-23/h4-14,17,24H,3,15-16,18-20H2,1-2H3,(H,30,34). The van der Waals surface area contributed by atoms with Gasteiger partial charge >= 0.3 is 0 Å². The van der Waals surface area contributed by atoms with Crippen LogP contribution in [-0.4, -0.2) is 28.4 Å². The molecule has 1 saturated heterocycles. The van der Waals surface area contributed by atoms with Crippen molar-refractivity contribution in [3.8, 4) is 0 Å². The Morgan fingerprint density at radius 2 is 1.74 bits per heavy atom. The minimum Gasteiger partial charge on any atom is -0.371 e. The number of benzene rings is 2. The summed E-state index contributed by atoms with van der Waals surface area (Å²) in [5, 5.41) is 3.08. The van der Waals surface area contributed by atoms with Crippen molar-refractivity contribution >= 4 is 17.2 Å². The number of pyridine rings is 1. The van der Waals surface area contributed by atoms with Crippen molar-refractivity contribution in [2.45, 2.75) is 45.6 Å². The third kappa shape index (κ3) is 4.56. The third-order valence-electron chi connectivity index (χ3n) is 6.95. The number of aromatic nitrogens is 2. The highest BCUT2D eigenvalue weighted by atomic mass is 16.1. The number of rotatable bonds is 6. The van der Waals surface area contributed by atoms with Crippen molar-refractivity contribution in [2.24, 2.45) is 0 Å². The van der Waals surface area contributed by atoms with Crippen LogP contribution in [0.2, 0.25) is 0 Å². The second-order valence-electron chi connectivity index (χ2n) is 9.21. The molecule has 0 spiro atoms. The van der Waals surface area contributed by atoms with Gasteiger partial charge in [0.25, 0.3) is 5.91 Å². The Balaban J connectivity index is 1.19. The molecule has 5 heteroatoms. The molecule has 0 bridgehead atoms. The number of hydrogen-bond donors (Lipinski definition) is 1. The van der Waals surface area contributed by atoms with E-state index < -0.39 is 0 Å². The summed E-state index contributed by atoms with van der Waals surface area (Å²) in [6.07, 6.45) is 4.98. The topological polar surface area (TPSA) is 49.6 Å². The van der Waals surface area contributed by atoms with Gasteiger partial charge in [-0.05, 0) is 67.5 Å². The Kier molecular flexibility index (Phi) is 6.35. The lowest BCUT2D eigenvalue weighted by Crippen LogP contribution is -2.32. The first-order valence-electron chi connectivity index (χ1n) is 12.3. The van der Waals surface area contributed by atoms with Crippen LogP contribution in [0.15, 0.2) is 72.9 Å². The third-order valence-corrected chi connectivity index (χ3v) is 6.95. The minimum atomic E-state index is -0.0854. The van der Waals surface area contributed by atoms with Crippen LogP contribution in [0.25, 0.3) is 5.65 Å². The van der Waals surface area contributed by atoms with Crippen molar-refractivity contribution in [2.75, 3.05) is 18.0 Å². The molecule has 3 heterocycles. The van der Waals surface area contributed by atoms with Crippen LogP contribution in [0, 0.1) is 6.92 Å². The van der Waals surface area contributed by atoms with Gasteiger partial charge in [-0.15, -0.1) is 0 Å². The molecule has 1 aliphatic heterocycles. The zero-order chi connectivity index (χ0) is 23.5. The summed E-state index contributed by atoms with van der Waals surface area (Å²) in [4.78, 5) is 20.0. The lowest BCUT2D eigenvalue weighted by molar-refractivity contribution is 0.0944. The van der Waals surface area contributed by atoms with Gasteiger partial charge in [0.05, 0.1) is 5.69 Å². The smallest absolute Gasteiger partial charge is 0.270 e. The number of nitrogens with one attached hydrogen (secondary N) is 1. The van der Waals surface area contributed by atoms with E-state index >= 15 is 0 Å². The van der Waals surface area contributed by atoms with E-state index in [4.69, 9.17) is 0 Å². The Morgan fingerprint density at radius 1 is 1.00 bits per heavy atom. The Bertz CT molecular complexity index is 1270. The number of nitrogens with zero attached hydrogens (tertiary/aromatic N) is 3. The summed E-state index contributed by atoms with van der Waals surface area (Å²) in [6.45, 7) is 6.81. The van der Waals surface area contributed by atoms with Crippen LogP contribution in [0.3, 0.4) is 0 Å². The quantitative estimate of drug-likeness (QED) is 0.419. The van der Waals surface area contributed by atoms with Crippen LogP contribution < -0.4 is 10.2 Å². The molecule has 1 N–H and O–H groups in total. The van der Waals surface area contributed by atoms with Crippen LogP contribution in [0.1, 0.15) is 58.6 Å². The molecule has 1 aliphatic rings. The van der Waals surface area contributed by atoms with Gasteiger partial charge in [-0.25, -0.2) is 4.98 Å². The van der Waals surface area contributed by atoms with Crippen LogP contribution in [0.4, 0.5) is 5.69 Å². The number of carbonyl (C=O) groups excluding carboxylic acids is 1. The molecule has 2 aromatic carbocycles. The Hall–Kier alpha value is -3.60. The van der Waals surface area contributed by atoms with Crippen LogP contribution in [0.5, 0.6) is 0 Å². The van der Waals surface area contributed by atoms with E-state index in [-0.39, 0.29) is 5.91 Å². The molecule has 0 aliphatic carbocycles. The van der Waals surface area contributed by atoms with Crippen molar-refractivity contribution in [3.63, 3.8) is 0 Å². The van der Waals surface area contributed by atoms with Gasteiger partial charge in [0.1, 0.15) is 11.3 Å². The SMILES string of the molecule is CCc1nc2ccccn2c1C(=O)NCc1ccc(N2CCC(c3ccc(C)cc3)CC2)cc1. The summed E-state index contributed by atoms with van der Waals surface area (Å²) in [6, 6.07) is 23.4. The zero-order valence-electron chi connectivity index (χ0n) is 20.0. The fourth-order valence-corrected chi connectivity index (χ4v) is 4.93. The number of hydrogen-bond acceptors (Lipinski definition) is 3. The average molecular weight is 453 g/mol. The number of carbonyl (C=O) groups is 1. The summed E-state index contributed by atoms with van der Waals surface area (Å²) in [5.74, 6) is 0.566. The Labute approximate surface area is 201 Å². The number of imidazole rings is 1. The van der Waals surface area contributed by atoms with Gasteiger partial charge in [0.15, 0.2) is 0 Å². The number of fused-ring (bicyclic) bond motifs is 1. The first-order chi connectivity index (χ1) is 16.6. The van der Waals surface area contributed by atoms with E-state index in [9.17, 15) is 4.79 Å². The predicted molar refractivity (Wildman–Crippen MR) is 138 cm³/mol. The molecule has 2 aromatic heterocycles. The van der Waals surface area contributed by atoms with Crippen molar-refractivity contribution in [1.29, 1.82) is 0 Å². The van der Waals surface area contributed by atoms with Gasteiger partial charge in [0, 0.05) is 31.5 Å². The fourth-order valence-electron chi connectivity index (χ4n) is 4.93. The van der Waals surface area contributed by atoms with Gasteiger partial charge in [-0.2, -0.15) is 0 Å². The summed E-state index contributed by atoms with van der Waals surface area (Å²) >= 11 is 0. The normalized spacial score (nSPS) is 14.5. The molecule has 0 unspecified atom stereocenters. The predicted octanol–water partition coefficient (Wildman–Crippen LogP) is 5.52. The molecule has 0 radical (unpaired) electrons. The van der Waals surface area contributed by atoms with Gasteiger partial charge < -0.3 is 10.2 Å². The lowest BCUT2D eigenvalue weighted by Gasteiger charge is -2.34. The van der Waals surface area contributed by atoms with Gasteiger partial charge in [-0.1, -0.05) is 55.0 Å². The second kappa shape index (κ2) is 9.72. The molecule has 5 nitrogen and oxygen atoms in total. The van der Waals surface area contributed by atoms with E-state index in [0.29, 0.717) is 18.2 Å². The fraction of sp³-hybridized carbons (Fsp3) is 0.310. The maximum absolute atomic E-state index is 13.0. The zero-order valence-corrected chi connectivity index (χ0v) is 20.0. The monoisotopic (exact) mass is 452 g/mol. The molecule has 0 saturated carbocycles. The molecular weight excluding hydrogens is 420 g/mol. The maximum Gasteiger partial charge on any atom is 0.270 e. The minimum absolute atomic E-state index is 0.0854. The number of aryl methyl sites for hydroxylation is 2. The van der Waals surface area contributed by atoms with E-state index in [1.165, 1.54) is 29.7 Å². The summed E-state index contributed by atoms with van der Waals surface area (Å²) in [7, 11) is 0. The van der Waals surface area contributed by atoms with Crippen LogP contribution >= 0.6 is 0 Å². The van der Waals surface area contributed by atoms with E-state index in [2.05, 4.69) is 70.7 Å². The summed E-state index contributed by atoms with van der Waals surface area (Å²) < 4.78 is 1.87. The molecule has 5 rings (SSSR count). The summed E-state index contributed by atoms with van der Waals surface area (Å²) in [5.41, 5.74) is 7.40. The molecular formula is C29H32N4O. The molecule has 4 aromatic rings. The highest BCUT2D eigenvalue weighted by Crippen LogP contribution is 2.30. The number of amides is 1. The first-order valence-corrected chi connectivity index (χ1v) is 12.3. The van der Waals surface area contributed by atoms with Crippen LogP contribution in [-0.2, 0) is 13.0 Å². The number of anilines is 1. The average Bonchev–Trinajstić information content (AvgIpc) is 3.27. The van der Waals surface area contributed by atoms with Crippen molar-refractivity contribution < 1.29 is 4.79 Å². The lowest BCUT2D eigenvalue weighted by atomic mass is 9.89. The van der Waals surface area contributed by atoms with E-state index in [1.807, 2.05) is 35.7 Å². The Morgan fingerprint density at radius 3 is 2.44 bits per heavy atom. The highest BCUT2D eigenvalue weighted by molar-refractivity contribution is 5.94. The molecule has 0 atom stereocenters. The van der Waals surface area contributed by atoms with E-state index in [1.54, 1.807) is 0 Å². The van der Waals surface area contributed by atoms with Crippen molar-refractivity contribution in [1.82, 2.24) is 14.7 Å². The molecule has 1 fully saturated rings. The van der Waals surface area contributed by atoms with E-state index in [0.717, 1.165) is 36.4 Å².